The van der Waals surface area contributed by atoms with Gasteiger partial charge in [-0.1, -0.05) is 53.8 Å². The van der Waals surface area contributed by atoms with Crippen LogP contribution in [-0.2, 0) is 22.6 Å². The number of aliphatic hydroxyl groups excluding tert-OH is 1. The zero-order chi connectivity index (χ0) is 29.7. The molecule has 0 unspecified atom stereocenters. The smallest absolute Gasteiger partial charge is 0.301 e. The molecule has 9 heteroatoms. The van der Waals surface area contributed by atoms with Gasteiger partial charge in [-0.05, 0) is 72.1 Å². The fraction of sp³-hybridized carbons (Fsp3) is 0.147. The number of ketones is 1. The van der Waals surface area contributed by atoms with Gasteiger partial charge in [-0.25, -0.2) is 9.37 Å². The zero-order valence-electron chi connectivity index (χ0n) is 23.0. The van der Waals surface area contributed by atoms with E-state index in [0.717, 1.165) is 28.2 Å². The minimum Gasteiger partial charge on any atom is -0.507 e. The topological polar surface area (TPSA) is 89.0 Å². The molecule has 1 N–H and O–H groups in total. The van der Waals surface area contributed by atoms with Crippen LogP contribution in [0.5, 0.6) is 11.5 Å². The van der Waals surface area contributed by atoms with Crippen molar-refractivity contribution in [1.29, 1.82) is 0 Å². The van der Waals surface area contributed by atoms with E-state index < -0.39 is 23.5 Å². The maximum absolute atomic E-state index is 14.0. The molecule has 1 aromatic heterocycles. The first-order chi connectivity index (χ1) is 20.9. The van der Waals surface area contributed by atoms with Crippen molar-refractivity contribution in [3.63, 3.8) is 0 Å². The van der Waals surface area contributed by atoms with Gasteiger partial charge in [0.1, 0.15) is 35.8 Å². The molecule has 1 amide bonds. The molecule has 0 saturated carbocycles. The van der Waals surface area contributed by atoms with Crippen LogP contribution in [0.4, 0.5) is 9.52 Å². The Bertz CT molecular complexity index is 1920. The molecular formula is C34H25FN2O5S. The van der Waals surface area contributed by atoms with Gasteiger partial charge in [-0.2, -0.15) is 0 Å². The molecule has 7 nitrogen and oxygen atoms in total. The van der Waals surface area contributed by atoms with Gasteiger partial charge < -0.3 is 14.6 Å². The van der Waals surface area contributed by atoms with E-state index in [-0.39, 0.29) is 22.6 Å². The lowest BCUT2D eigenvalue weighted by Crippen LogP contribution is -2.29. The first-order valence-electron chi connectivity index (χ1n) is 13.8. The molecule has 0 bridgehead atoms. The van der Waals surface area contributed by atoms with E-state index in [2.05, 4.69) is 4.98 Å². The van der Waals surface area contributed by atoms with Crippen LogP contribution in [0.15, 0.2) is 96.6 Å². The number of halogens is 1. The van der Waals surface area contributed by atoms with E-state index in [0.29, 0.717) is 40.1 Å². The quantitative estimate of drug-likeness (QED) is 0.130. The molecule has 0 radical (unpaired) electrons. The number of hydrogen-bond acceptors (Lipinski definition) is 7. The molecule has 1 saturated heterocycles. The number of aliphatic hydroxyl groups is 1. The summed E-state index contributed by atoms with van der Waals surface area (Å²) < 4.78 is 26.2. The molecule has 3 heterocycles. The second kappa shape index (κ2) is 10.7. The highest BCUT2D eigenvalue weighted by Crippen LogP contribution is 2.45. The summed E-state index contributed by atoms with van der Waals surface area (Å²) in [7, 11) is 0. The SMILES string of the molecule is C[C@@H]1Cc2cc(/C(O)=C3\C(=O)C(=O)N(c4nc5ccc(F)cc5s4)[C@@H]3c3ccc(OCc4ccccc4)cc3)ccc2O1. The van der Waals surface area contributed by atoms with Gasteiger partial charge >= 0.3 is 5.91 Å². The summed E-state index contributed by atoms with van der Waals surface area (Å²) in [5.74, 6) is -1.04. The van der Waals surface area contributed by atoms with Crippen molar-refractivity contribution in [1.82, 2.24) is 4.98 Å². The number of Topliss-reactive ketones (excluding diaryl/α,β-unsaturated/α-hetero) is 1. The van der Waals surface area contributed by atoms with Crippen LogP contribution in [-0.4, -0.2) is 27.9 Å². The zero-order valence-corrected chi connectivity index (χ0v) is 23.8. The number of benzene rings is 4. The summed E-state index contributed by atoms with van der Waals surface area (Å²) in [6.45, 7) is 2.34. The molecule has 2 aliphatic rings. The molecule has 0 aliphatic carbocycles. The van der Waals surface area contributed by atoms with E-state index in [9.17, 15) is 19.1 Å². The molecule has 2 atom stereocenters. The number of thiazole rings is 1. The maximum Gasteiger partial charge on any atom is 0.301 e. The minimum atomic E-state index is -0.975. The van der Waals surface area contributed by atoms with Crippen LogP contribution >= 0.6 is 11.3 Å². The highest BCUT2D eigenvalue weighted by Gasteiger charge is 2.48. The Morgan fingerprint density at radius 1 is 1.05 bits per heavy atom. The van der Waals surface area contributed by atoms with Gasteiger partial charge in [0, 0.05) is 12.0 Å². The summed E-state index contributed by atoms with van der Waals surface area (Å²) >= 11 is 1.10. The molecule has 2 aliphatic heterocycles. The predicted octanol–water partition coefficient (Wildman–Crippen LogP) is 6.96. The average molecular weight is 593 g/mol. The van der Waals surface area contributed by atoms with E-state index >= 15 is 0 Å². The third-order valence-corrected chi connectivity index (χ3v) is 8.62. The Hall–Kier alpha value is -5.02. The van der Waals surface area contributed by atoms with Gasteiger partial charge in [0.2, 0.25) is 0 Å². The minimum absolute atomic E-state index is 0.00414. The van der Waals surface area contributed by atoms with Gasteiger partial charge in [-0.3, -0.25) is 14.5 Å². The molecular weight excluding hydrogens is 567 g/mol. The number of aromatic nitrogens is 1. The number of ether oxygens (including phenoxy) is 2. The Morgan fingerprint density at radius 2 is 1.84 bits per heavy atom. The highest BCUT2D eigenvalue weighted by atomic mass is 32.1. The van der Waals surface area contributed by atoms with Crippen LogP contribution < -0.4 is 14.4 Å². The van der Waals surface area contributed by atoms with Crippen LogP contribution in [0.2, 0.25) is 0 Å². The highest BCUT2D eigenvalue weighted by molar-refractivity contribution is 7.22. The Kier molecular flexibility index (Phi) is 6.66. The molecule has 5 aromatic rings. The van der Waals surface area contributed by atoms with Crippen LogP contribution in [0, 0.1) is 5.82 Å². The van der Waals surface area contributed by atoms with Crippen molar-refractivity contribution in [3.8, 4) is 11.5 Å². The van der Waals surface area contributed by atoms with Gasteiger partial charge in [0.25, 0.3) is 5.78 Å². The molecule has 214 valence electrons. The standard InChI is InChI=1S/C34H25FN2O5S/c1-19-15-23-16-22(9-14-27(23)42-19)31(38)29-30(21-7-11-25(12-8-21)41-18-20-5-3-2-4-6-20)37(33(40)32(29)39)34-36-26-13-10-24(35)17-28(26)43-34/h2-14,16-17,19,30,38H,15,18H2,1H3/b31-29+/t19-,30-/m1/s1. The van der Waals surface area contributed by atoms with Crippen molar-refractivity contribution in [2.24, 2.45) is 0 Å². The summed E-state index contributed by atoms with van der Waals surface area (Å²) in [6, 6.07) is 25.2. The average Bonchev–Trinajstić information content (AvgIpc) is 3.68. The van der Waals surface area contributed by atoms with Crippen LogP contribution in [0.3, 0.4) is 0 Å². The summed E-state index contributed by atoms with van der Waals surface area (Å²) in [4.78, 5) is 33.1. The monoisotopic (exact) mass is 592 g/mol. The maximum atomic E-state index is 14.0. The van der Waals surface area contributed by atoms with Crippen molar-refractivity contribution in [2.75, 3.05) is 4.90 Å². The number of anilines is 1. The van der Waals surface area contributed by atoms with Crippen molar-refractivity contribution in [2.45, 2.75) is 32.1 Å². The Labute approximate surface area is 250 Å². The summed E-state index contributed by atoms with van der Waals surface area (Å²) in [5, 5.41) is 11.8. The second-order valence-corrected chi connectivity index (χ2v) is 11.6. The lowest BCUT2D eigenvalue weighted by molar-refractivity contribution is -0.132. The van der Waals surface area contributed by atoms with Crippen LogP contribution in [0.1, 0.15) is 35.2 Å². The largest absolute Gasteiger partial charge is 0.507 e. The second-order valence-electron chi connectivity index (χ2n) is 10.6. The van der Waals surface area contributed by atoms with Gasteiger partial charge in [-0.15, -0.1) is 0 Å². The van der Waals surface area contributed by atoms with Crippen molar-refractivity contribution < 1.29 is 28.6 Å². The number of rotatable bonds is 6. The number of hydrogen-bond donors (Lipinski definition) is 1. The fourth-order valence-corrected chi connectivity index (χ4v) is 6.56. The van der Waals surface area contributed by atoms with Crippen molar-refractivity contribution >= 4 is 44.1 Å². The normalized spacial score (nSPS) is 19.1. The number of carbonyl (C=O) groups is 2. The number of carbonyl (C=O) groups excluding carboxylic acids is 2. The third-order valence-electron chi connectivity index (χ3n) is 7.60. The summed E-state index contributed by atoms with van der Waals surface area (Å²) in [6.07, 6.45) is 0.672. The Morgan fingerprint density at radius 3 is 2.63 bits per heavy atom. The first kappa shape index (κ1) is 26.9. The molecule has 4 aromatic carbocycles. The Balaban J connectivity index is 1.31. The molecule has 7 rings (SSSR count). The molecule has 43 heavy (non-hydrogen) atoms. The lowest BCUT2D eigenvalue weighted by Gasteiger charge is -2.23. The predicted molar refractivity (Wildman–Crippen MR) is 162 cm³/mol. The molecule has 0 spiro atoms. The van der Waals surface area contributed by atoms with E-state index in [1.54, 1.807) is 42.5 Å². The van der Waals surface area contributed by atoms with E-state index in [1.165, 1.54) is 23.1 Å². The van der Waals surface area contributed by atoms with Crippen LogP contribution in [0.25, 0.3) is 16.0 Å². The fourth-order valence-electron chi connectivity index (χ4n) is 5.55. The summed E-state index contributed by atoms with van der Waals surface area (Å²) in [5.41, 5.74) is 3.36. The van der Waals surface area contributed by atoms with Gasteiger partial charge in [0.05, 0.1) is 21.8 Å². The lowest BCUT2D eigenvalue weighted by atomic mass is 9.94. The van der Waals surface area contributed by atoms with Gasteiger partial charge in [0.15, 0.2) is 5.13 Å². The number of nitrogens with zero attached hydrogens (tertiary/aromatic N) is 2. The molecule has 1 fully saturated rings. The third kappa shape index (κ3) is 4.91. The van der Waals surface area contributed by atoms with E-state index in [1.807, 2.05) is 37.3 Å². The first-order valence-corrected chi connectivity index (χ1v) is 14.6. The number of fused-ring (bicyclic) bond motifs is 2. The van der Waals surface area contributed by atoms with Crippen molar-refractivity contribution in [3.05, 3.63) is 125 Å². The van der Waals surface area contributed by atoms with E-state index in [4.69, 9.17) is 9.47 Å². The number of amides is 1.